The lowest BCUT2D eigenvalue weighted by atomic mass is 10.1. The van der Waals surface area contributed by atoms with Crippen molar-refractivity contribution in [2.45, 2.75) is 25.3 Å². The Kier molecular flexibility index (Phi) is 3.93. The smallest absolute Gasteiger partial charge is 0.250 e. The van der Waals surface area contributed by atoms with Gasteiger partial charge in [0, 0.05) is 12.2 Å². The minimum Gasteiger partial charge on any atom is -0.367 e. The van der Waals surface area contributed by atoms with Gasteiger partial charge >= 0.3 is 0 Å². The Hall–Kier alpha value is -1.62. The first kappa shape index (κ1) is 11.9. The van der Waals surface area contributed by atoms with Crippen LogP contribution in [-0.2, 0) is 0 Å². The first-order valence-electron chi connectivity index (χ1n) is 5.99. The van der Waals surface area contributed by atoms with Gasteiger partial charge in [-0.25, -0.2) is 4.98 Å². The first-order chi connectivity index (χ1) is 8.25. The summed E-state index contributed by atoms with van der Waals surface area (Å²) in [5, 5.41) is 6.75. The van der Waals surface area contributed by atoms with E-state index in [1.165, 1.54) is 12.6 Å². The van der Waals surface area contributed by atoms with Gasteiger partial charge in [0.15, 0.2) is 0 Å². The van der Waals surface area contributed by atoms with Gasteiger partial charge in [0.1, 0.15) is 5.82 Å². The second-order valence-corrected chi connectivity index (χ2v) is 4.32. The molecular formula is C12H18N4O. The first-order valence-corrected chi connectivity index (χ1v) is 5.99. The highest BCUT2D eigenvalue weighted by molar-refractivity contribution is 5.92. The number of aromatic nitrogens is 1. The molecule has 0 aliphatic carbocycles. The number of rotatable bonds is 3. The van der Waals surface area contributed by atoms with Crippen molar-refractivity contribution >= 4 is 11.7 Å². The summed E-state index contributed by atoms with van der Waals surface area (Å²) in [6, 6.07) is 3.96. The van der Waals surface area contributed by atoms with Gasteiger partial charge in [-0.2, -0.15) is 0 Å². The molecule has 0 saturated carbocycles. The maximum atomic E-state index is 10.9. The van der Waals surface area contributed by atoms with Gasteiger partial charge in [0.2, 0.25) is 5.91 Å². The zero-order chi connectivity index (χ0) is 12.1. The SMILES string of the molecule is NC(=O)c1ccc(NC2CCCNCC2)nc1. The summed E-state index contributed by atoms with van der Waals surface area (Å²) < 4.78 is 0. The maximum Gasteiger partial charge on any atom is 0.250 e. The van der Waals surface area contributed by atoms with Crippen LogP contribution in [0.15, 0.2) is 18.3 Å². The molecule has 1 unspecified atom stereocenters. The molecule has 1 saturated heterocycles. The van der Waals surface area contributed by atoms with Crippen LogP contribution in [0.3, 0.4) is 0 Å². The van der Waals surface area contributed by atoms with Crippen molar-refractivity contribution in [3.8, 4) is 0 Å². The van der Waals surface area contributed by atoms with E-state index >= 15 is 0 Å². The maximum absolute atomic E-state index is 10.9. The zero-order valence-electron chi connectivity index (χ0n) is 9.78. The van der Waals surface area contributed by atoms with Crippen LogP contribution in [0.5, 0.6) is 0 Å². The molecule has 5 nitrogen and oxygen atoms in total. The number of nitrogens with two attached hydrogens (primary N) is 1. The number of anilines is 1. The number of nitrogens with zero attached hydrogens (tertiary/aromatic N) is 1. The average Bonchev–Trinajstić information content (AvgIpc) is 2.58. The van der Waals surface area contributed by atoms with E-state index in [-0.39, 0.29) is 0 Å². The van der Waals surface area contributed by atoms with Gasteiger partial charge in [-0.1, -0.05) is 0 Å². The van der Waals surface area contributed by atoms with E-state index in [9.17, 15) is 4.79 Å². The Labute approximate surface area is 101 Å². The summed E-state index contributed by atoms with van der Waals surface area (Å²) in [4.78, 5) is 15.1. The largest absolute Gasteiger partial charge is 0.367 e. The molecule has 5 heteroatoms. The van der Waals surface area contributed by atoms with Gasteiger partial charge in [0.25, 0.3) is 0 Å². The molecule has 1 fully saturated rings. The van der Waals surface area contributed by atoms with Crippen LogP contribution in [0.25, 0.3) is 0 Å². The minimum absolute atomic E-state index is 0.442. The van der Waals surface area contributed by atoms with E-state index in [4.69, 9.17) is 5.73 Å². The van der Waals surface area contributed by atoms with Crippen LogP contribution in [0.1, 0.15) is 29.6 Å². The highest BCUT2D eigenvalue weighted by atomic mass is 16.1. The van der Waals surface area contributed by atoms with Gasteiger partial charge in [-0.15, -0.1) is 0 Å². The molecule has 1 atom stereocenters. The van der Waals surface area contributed by atoms with Crippen molar-refractivity contribution in [3.05, 3.63) is 23.9 Å². The molecule has 92 valence electrons. The number of amides is 1. The number of hydrogen-bond donors (Lipinski definition) is 3. The third-order valence-electron chi connectivity index (χ3n) is 2.98. The molecule has 2 heterocycles. The van der Waals surface area contributed by atoms with Crippen molar-refractivity contribution in [3.63, 3.8) is 0 Å². The predicted octanol–water partition coefficient (Wildman–Crippen LogP) is 0.734. The van der Waals surface area contributed by atoms with Crippen LogP contribution in [0.2, 0.25) is 0 Å². The second-order valence-electron chi connectivity index (χ2n) is 4.32. The number of nitrogens with one attached hydrogen (secondary N) is 2. The van der Waals surface area contributed by atoms with Crippen LogP contribution in [0, 0.1) is 0 Å². The highest BCUT2D eigenvalue weighted by Gasteiger charge is 2.12. The number of carbonyl (C=O) groups excluding carboxylic acids is 1. The molecule has 0 bridgehead atoms. The highest BCUT2D eigenvalue weighted by Crippen LogP contribution is 2.12. The van der Waals surface area contributed by atoms with Crippen molar-refractivity contribution in [2.24, 2.45) is 5.73 Å². The fourth-order valence-electron chi connectivity index (χ4n) is 2.00. The Morgan fingerprint density at radius 1 is 1.41 bits per heavy atom. The van der Waals surface area contributed by atoms with E-state index in [1.807, 2.05) is 0 Å². The summed E-state index contributed by atoms with van der Waals surface area (Å²) >= 11 is 0. The molecule has 1 aliphatic rings. The molecule has 1 aliphatic heterocycles. The van der Waals surface area contributed by atoms with Crippen molar-refractivity contribution in [2.75, 3.05) is 18.4 Å². The molecule has 0 spiro atoms. The summed E-state index contributed by atoms with van der Waals surface area (Å²) in [6.07, 6.45) is 4.93. The fraction of sp³-hybridized carbons (Fsp3) is 0.500. The second kappa shape index (κ2) is 5.63. The van der Waals surface area contributed by atoms with E-state index in [2.05, 4.69) is 15.6 Å². The van der Waals surface area contributed by atoms with Gasteiger partial charge in [0.05, 0.1) is 5.56 Å². The lowest BCUT2D eigenvalue weighted by Gasteiger charge is -2.16. The van der Waals surface area contributed by atoms with Crippen LogP contribution < -0.4 is 16.4 Å². The van der Waals surface area contributed by atoms with Gasteiger partial charge in [-0.05, 0) is 44.5 Å². The zero-order valence-corrected chi connectivity index (χ0v) is 9.78. The lowest BCUT2D eigenvalue weighted by Crippen LogP contribution is -2.22. The average molecular weight is 234 g/mol. The Morgan fingerprint density at radius 3 is 3.00 bits per heavy atom. The topological polar surface area (TPSA) is 80.0 Å². The van der Waals surface area contributed by atoms with Crippen LogP contribution in [-0.4, -0.2) is 30.0 Å². The lowest BCUT2D eigenvalue weighted by molar-refractivity contribution is 0.1000. The molecule has 1 aromatic rings. The number of hydrogen-bond acceptors (Lipinski definition) is 4. The summed E-state index contributed by atoms with van der Waals surface area (Å²) in [7, 11) is 0. The van der Waals surface area contributed by atoms with E-state index in [1.54, 1.807) is 12.1 Å². The Bertz CT molecular complexity index is 369. The minimum atomic E-state index is -0.442. The van der Waals surface area contributed by atoms with E-state index in [0.717, 1.165) is 31.7 Å². The Morgan fingerprint density at radius 2 is 2.29 bits per heavy atom. The monoisotopic (exact) mass is 234 g/mol. The van der Waals surface area contributed by atoms with Crippen LogP contribution >= 0.6 is 0 Å². The molecule has 4 N–H and O–H groups in total. The third kappa shape index (κ3) is 3.42. The van der Waals surface area contributed by atoms with Gasteiger partial charge in [-0.3, -0.25) is 4.79 Å². The van der Waals surface area contributed by atoms with Gasteiger partial charge < -0.3 is 16.4 Å². The summed E-state index contributed by atoms with van der Waals surface area (Å²) in [5.41, 5.74) is 5.60. The molecule has 17 heavy (non-hydrogen) atoms. The number of primary amides is 1. The van der Waals surface area contributed by atoms with E-state index < -0.39 is 5.91 Å². The molecule has 0 radical (unpaired) electrons. The summed E-state index contributed by atoms with van der Waals surface area (Å²) in [6.45, 7) is 2.13. The quantitative estimate of drug-likeness (QED) is 0.720. The molecular weight excluding hydrogens is 216 g/mol. The van der Waals surface area contributed by atoms with Crippen molar-refractivity contribution in [1.29, 1.82) is 0 Å². The van der Waals surface area contributed by atoms with Crippen LogP contribution in [0.4, 0.5) is 5.82 Å². The summed E-state index contributed by atoms with van der Waals surface area (Å²) in [5.74, 6) is 0.365. The molecule has 2 rings (SSSR count). The predicted molar refractivity (Wildman–Crippen MR) is 66.9 cm³/mol. The molecule has 1 aromatic heterocycles. The normalized spacial score (nSPS) is 20.6. The standard InChI is InChI=1S/C12H18N4O/c13-12(17)9-3-4-11(15-8-9)16-10-2-1-6-14-7-5-10/h3-4,8,10,14H,1-2,5-7H2,(H2,13,17)(H,15,16). The number of pyridine rings is 1. The number of carbonyl (C=O) groups is 1. The van der Waals surface area contributed by atoms with Crippen molar-refractivity contribution < 1.29 is 4.79 Å². The fourth-order valence-corrected chi connectivity index (χ4v) is 2.00. The molecule has 1 amide bonds. The molecule has 0 aromatic carbocycles. The van der Waals surface area contributed by atoms with E-state index in [0.29, 0.717) is 11.6 Å². The van der Waals surface area contributed by atoms with Crippen molar-refractivity contribution in [1.82, 2.24) is 10.3 Å². The Balaban J connectivity index is 1.95. The third-order valence-corrected chi connectivity index (χ3v) is 2.98.